The molecule has 11 heavy (non-hydrogen) atoms. The lowest BCUT2D eigenvalue weighted by Gasteiger charge is -2.16. The Balaban J connectivity index is 4.15. The monoisotopic (exact) mass is 160 g/mol. The molecule has 0 atom stereocenters. The van der Waals surface area contributed by atoms with Gasteiger partial charge in [0.2, 0.25) is 0 Å². The molecular weight excluding hydrogens is 148 g/mol. The smallest absolute Gasteiger partial charge is 0.323 e. The van der Waals surface area contributed by atoms with Gasteiger partial charge in [0.25, 0.3) is 5.91 Å². The summed E-state index contributed by atoms with van der Waals surface area (Å²) in [6.45, 7) is 1.28. The second-order valence-electron chi connectivity index (χ2n) is 1.85. The fourth-order valence-electron chi connectivity index (χ4n) is 0.654. The average molecular weight is 160 g/mol. The predicted molar refractivity (Wildman–Crippen MR) is 38.9 cm³/mol. The summed E-state index contributed by atoms with van der Waals surface area (Å²) in [6, 6.07) is -0.494. The lowest BCUT2D eigenvalue weighted by atomic mass is 10.5. The van der Waals surface area contributed by atoms with Gasteiger partial charge in [-0.1, -0.05) is 0 Å². The Morgan fingerprint density at radius 1 is 1.55 bits per heavy atom. The number of amides is 3. The molecule has 0 saturated heterocycles. The molecule has 0 aromatic carbocycles. The number of hydrogen-bond donors (Lipinski definition) is 2. The standard InChI is InChI=1S/C6H12N2O3/c1-3-8(5(10)4-9)6(11)7-2/h9H,3-4H2,1-2H3,(H,7,11). The van der Waals surface area contributed by atoms with Gasteiger partial charge in [-0.3, -0.25) is 9.69 Å². The van der Waals surface area contributed by atoms with Crippen LogP contribution in [0.3, 0.4) is 0 Å². The highest BCUT2D eigenvalue weighted by molar-refractivity contribution is 5.94. The Kier molecular flexibility index (Phi) is 4.21. The Morgan fingerprint density at radius 2 is 2.09 bits per heavy atom. The van der Waals surface area contributed by atoms with E-state index in [9.17, 15) is 9.59 Å². The molecular formula is C6H12N2O3. The summed E-state index contributed by atoms with van der Waals surface area (Å²) in [5, 5.41) is 10.7. The Hall–Kier alpha value is -1.10. The van der Waals surface area contributed by atoms with E-state index in [4.69, 9.17) is 5.11 Å². The van der Waals surface area contributed by atoms with Gasteiger partial charge in [0.05, 0.1) is 0 Å². The van der Waals surface area contributed by atoms with E-state index >= 15 is 0 Å². The first kappa shape index (κ1) is 9.90. The largest absolute Gasteiger partial charge is 0.387 e. The SMILES string of the molecule is CCN(C(=O)CO)C(=O)NC. The van der Waals surface area contributed by atoms with E-state index in [0.29, 0.717) is 0 Å². The molecule has 5 nitrogen and oxygen atoms in total. The second-order valence-corrected chi connectivity index (χ2v) is 1.85. The highest BCUT2D eigenvalue weighted by Crippen LogP contribution is 1.88. The van der Waals surface area contributed by atoms with Gasteiger partial charge in [0.15, 0.2) is 0 Å². The van der Waals surface area contributed by atoms with E-state index in [2.05, 4.69) is 5.32 Å². The van der Waals surface area contributed by atoms with Crippen molar-refractivity contribution in [3.8, 4) is 0 Å². The van der Waals surface area contributed by atoms with Crippen LogP contribution in [0.2, 0.25) is 0 Å². The second kappa shape index (κ2) is 4.68. The molecule has 0 rings (SSSR count). The number of nitrogens with zero attached hydrogens (tertiary/aromatic N) is 1. The summed E-state index contributed by atoms with van der Waals surface area (Å²) in [5.41, 5.74) is 0. The molecule has 64 valence electrons. The van der Waals surface area contributed by atoms with Gasteiger partial charge < -0.3 is 10.4 Å². The molecule has 0 fully saturated rings. The Labute approximate surface area is 65.0 Å². The third kappa shape index (κ3) is 2.55. The molecule has 0 aliphatic heterocycles. The Bertz CT molecular complexity index is 142. The quantitative estimate of drug-likeness (QED) is 0.553. The van der Waals surface area contributed by atoms with Crippen LogP contribution in [0.15, 0.2) is 0 Å². The van der Waals surface area contributed by atoms with Crippen LogP contribution >= 0.6 is 0 Å². The van der Waals surface area contributed by atoms with Crippen molar-refractivity contribution in [2.24, 2.45) is 0 Å². The zero-order valence-corrected chi connectivity index (χ0v) is 6.63. The van der Waals surface area contributed by atoms with Crippen molar-refractivity contribution in [2.75, 3.05) is 20.2 Å². The van der Waals surface area contributed by atoms with Gasteiger partial charge >= 0.3 is 6.03 Å². The third-order valence-corrected chi connectivity index (χ3v) is 1.21. The van der Waals surface area contributed by atoms with Crippen LogP contribution in [0.25, 0.3) is 0 Å². The minimum atomic E-state index is -0.638. The van der Waals surface area contributed by atoms with Crippen LogP contribution < -0.4 is 5.32 Å². The molecule has 0 unspecified atom stereocenters. The molecule has 0 spiro atoms. The lowest BCUT2D eigenvalue weighted by Crippen LogP contribution is -2.43. The minimum Gasteiger partial charge on any atom is -0.387 e. The number of rotatable bonds is 2. The summed E-state index contributed by atoms with van der Waals surface area (Å²) in [4.78, 5) is 22.5. The molecule has 0 heterocycles. The summed E-state index contributed by atoms with van der Waals surface area (Å²) in [5.74, 6) is -0.591. The first-order chi connectivity index (χ1) is 5.17. The van der Waals surface area contributed by atoms with E-state index in [1.54, 1.807) is 6.92 Å². The van der Waals surface area contributed by atoms with Crippen molar-refractivity contribution in [1.29, 1.82) is 0 Å². The van der Waals surface area contributed by atoms with Gasteiger partial charge in [-0.2, -0.15) is 0 Å². The van der Waals surface area contributed by atoms with Crippen LogP contribution in [-0.2, 0) is 4.79 Å². The molecule has 0 aromatic heterocycles. The van der Waals surface area contributed by atoms with Gasteiger partial charge in [-0.15, -0.1) is 0 Å². The zero-order valence-electron chi connectivity index (χ0n) is 6.63. The fourth-order valence-corrected chi connectivity index (χ4v) is 0.654. The molecule has 3 amide bonds. The normalized spacial score (nSPS) is 9.00. The summed E-state index contributed by atoms with van der Waals surface area (Å²) >= 11 is 0. The molecule has 0 bridgehead atoms. The van der Waals surface area contributed by atoms with Crippen molar-refractivity contribution >= 4 is 11.9 Å². The Morgan fingerprint density at radius 3 is 2.36 bits per heavy atom. The number of hydrogen-bond acceptors (Lipinski definition) is 3. The molecule has 5 heteroatoms. The number of carbonyl (C=O) groups excluding carboxylic acids is 2. The first-order valence-electron chi connectivity index (χ1n) is 3.30. The maximum absolute atomic E-state index is 10.8. The van der Waals surface area contributed by atoms with E-state index in [0.717, 1.165) is 4.90 Å². The summed E-state index contributed by atoms with van der Waals surface area (Å²) in [6.07, 6.45) is 0. The number of aliphatic hydroxyl groups excluding tert-OH is 1. The molecule has 0 aromatic rings. The van der Waals surface area contributed by atoms with Crippen LogP contribution in [-0.4, -0.2) is 42.1 Å². The topological polar surface area (TPSA) is 69.6 Å². The number of carbonyl (C=O) groups is 2. The first-order valence-corrected chi connectivity index (χ1v) is 3.30. The summed E-state index contributed by atoms with van der Waals surface area (Å²) in [7, 11) is 1.43. The number of likely N-dealkylation sites (N-methyl/N-ethyl adjacent to an activating group) is 1. The van der Waals surface area contributed by atoms with Gasteiger partial charge in [-0.05, 0) is 6.92 Å². The molecule has 2 N–H and O–H groups in total. The number of aliphatic hydroxyl groups is 1. The van der Waals surface area contributed by atoms with E-state index in [1.807, 2.05) is 0 Å². The van der Waals surface area contributed by atoms with Crippen LogP contribution in [0.4, 0.5) is 4.79 Å². The van der Waals surface area contributed by atoms with Gasteiger partial charge in [-0.25, -0.2) is 4.79 Å². The van der Waals surface area contributed by atoms with E-state index in [-0.39, 0.29) is 6.54 Å². The minimum absolute atomic E-state index is 0.263. The van der Waals surface area contributed by atoms with Crippen LogP contribution in [0.5, 0.6) is 0 Å². The van der Waals surface area contributed by atoms with Gasteiger partial charge in [0, 0.05) is 13.6 Å². The summed E-state index contributed by atoms with van der Waals surface area (Å²) < 4.78 is 0. The highest BCUT2D eigenvalue weighted by Gasteiger charge is 2.16. The zero-order chi connectivity index (χ0) is 8.85. The number of imide groups is 1. The van der Waals surface area contributed by atoms with Crippen molar-refractivity contribution in [1.82, 2.24) is 10.2 Å². The number of nitrogens with one attached hydrogen (secondary N) is 1. The van der Waals surface area contributed by atoms with Gasteiger partial charge in [0.1, 0.15) is 6.61 Å². The fraction of sp³-hybridized carbons (Fsp3) is 0.667. The third-order valence-electron chi connectivity index (χ3n) is 1.21. The molecule has 0 aliphatic carbocycles. The maximum atomic E-state index is 10.8. The average Bonchev–Trinajstić information content (AvgIpc) is 2.05. The van der Waals surface area contributed by atoms with E-state index in [1.165, 1.54) is 7.05 Å². The van der Waals surface area contributed by atoms with Crippen LogP contribution in [0, 0.1) is 0 Å². The molecule has 0 saturated carbocycles. The van der Waals surface area contributed by atoms with Crippen molar-refractivity contribution in [3.05, 3.63) is 0 Å². The van der Waals surface area contributed by atoms with Crippen molar-refractivity contribution in [3.63, 3.8) is 0 Å². The van der Waals surface area contributed by atoms with Crippen molar-refractivity contribution < 1.29 is 14.7 Å². The molecule has 0 aliphatic rings. The maximum Gasteiger partial charge on any atom is 0.323 e. The molecule has 0 radical (unpaired) electrons. The van der Waals surface area contributed by atoms with Crippen LogP contribution in [0.1, 0.15) is 6.92 Å². The highest BCUT2D eigenvalue weighted by atomic mass is 16.3. The van der Waals surface area contributed by atoms with Crippen molar-refractivity contribution in [2.45, 2.75) is 6.92 Å². The predicted octanol–water partition coefficient (Wildman–Crippen LogP) is -0.833. The lowest BCUT2D eigenvalue weighted by molar-refractivity contribution is -0.131. The van der Waals surface area contributed by atoms with E-state index < -0.39 is 18.5 Å². The number of urea groups is 1.